The van der Waals surface area contributed by atoms with Crippen LogP contribution in [0, 0.1) is 0 Å². The van der Waals surface area contributed by atoms with Crippen LogP contribution in [0.4, 0.5) is 0 Å². The standard InChI is InChI=1S/C11H16NO4P/c1-8(10(12)11(13)16-2)17(14,15)9-6-4-3-5-7-9/h3-8,10H,12H2,1-2H3,(H,14,15). The molecule has 0 saturated carbocycles. The van der Waals surface area contributed by atoms with Gasteiger partial charge in [-0.2, -0.15) is 0 Å². The Kier molecular flexibility index (Phi) is 4.46. The van der Waals surface area contributed by atoms with E-state index < -0.39 is 25.0 Å². The fraction of sp³-hybridized carbons (Fsp3) is 0.364. The van der Waals surface area contributed by atoms with Gasteiger partial charge in [0.15, 0.2) is 0 Å². The van der Waals surface area contributed by atoms with Crippen molar-refractivity contribution in [1.82, 2.24) is 0 Å². The number of hydrogen-bond acceptors (Lipinski definition) is 4. The minimum Gasteiger partial charge on any atom is -0.468 e. The number of benzene rings is 1. The van der Waals surface area contributed by atoms with Gasteiger partial charge >= 0.3 is 5.97 Å². The first-order valence-corrected chi connectivity index (χ1v) is 6.85. The predicted octanol–water partition coefficient (Wildman–Crippen LogP) is 0.471. The molecule has 0 radical (unpaired) electrons. The fourth-order valence-corrected chi connectivity index (χ4v) is 3.05. The Labute approximate surface area is 100 Å². The second-order valence-electron chi connectivity index (χ2n) is 3.75. The normalized spacial score (nSPS) is 17.9. The van der Waals surface area contributed by atoms with Crippen molar-refractivity contribution < 1.29 is 19.0 Å². The van der Waals surface area contributed by atoms with Crippen molar-refractivity contribution in [2.75, 3.05) is 7.11 Å². The lowest BCUT2D eigenvalue weighted by molar-refractivity contribution is -0.142. The first-order chi connectivity index (χ1) is 7.91. The van der Waals surface area contributed by atoms with Crippen LogP contribution in [0.25, 0.3) is 0 Å². The zero-order valence-electron chi connectivity index (χ0n) is 9.74. The third-order valence-electron chi connectivity index (χ3n) is 2.67. The van der Waals surface area contributed by atoms with Gasteiger partial charge < -0.3 is 15.4 Å². The molecule has 0 saturated heterocycles. The Hall–Kier alpha value is -1.16. The average Bonchev–Trinajstić information content (AvgIpc) is 2.37. The van der Waals surface area contributed by atoms with Crippen LogP contribution in [0.15, 0.2) is 30.3 Å². The minimum atomic E-state index is -3.68. The van der Waals surface area contributed by atoms with Gasteiger partial charge in [0, 0.05) is 5.30 Å². The molecule has 0 heterocycles. The summed E-state index contributed by atoms with van der Waals surface area (Å²) in [6.07, 6.45) is 0. The van der Waals surface area contributed by atoms with Crippen LogP contribution in [0.1, 0.15) is 6.92 Å². The van der Waals surface area contributed by atoms with Gasteiger partial charge in [-0.1, -0.05) is 25.1 Å². The van der Waals surface area contributed by atoms with Crippen LogP contribution in [-0.2, 0) is 14.1 Å². The highest BCUT2D eigenvalue weighted by molar-refractivity contribution is 7.66. The van der Waals surface area contributed by atoms with Crippen molar-refractivity contribution in [2.45, 2.75) is 18.6 Å². The molecular formula is C11H16NO4P. The molecule has 0 bridgehead atoms. The molecular weight excluding hydrogens is 241 g/mol. The van der Waals surface area contributed by atoms with Crippen LogP contribution in [0.5, 0.6) is 0 Å². The zero-order valence-corrected chi connectivity index (χ0v) is 10.6. The molecule has 0 amide bonds. The number of nitrogens with two attached hydrogens (primary N) is 1. The molecule has 1 aromatic rings. The van der Waals surface area contributed by atoms with Crippen LogP contribution in [0.2, 0.25) is 0 Å². The van der Waals surface area contributed by atoms with E-state index in [-0.39, 0.29) is 5.30 Å². The summed E-state index contributed by atoms with van der Waals surface area (Å²) in [6, 6.07) is 7.04. The lowest BCUT2D eigenvalue weighted by Crippen LogP contribution is -2.42. The van der Waals surface area contributed by atoms with Crippen molar-refractivity contribution in [2.24, 2.45) is 5.73 Å². The molecule has 0 aliphatic heterocycles. The number of carbonyl (C=O) groups is 1. The molecule has 3 unspecified atom stereocenters. The Morgan fingerprint density at radius 1 is 1.41 bits per heavy atom. The lowest BCUT2D eigenvalue weighted by atomic mass is 10.2. The van der Waals surface area contributed by atoms with E-state index in [1.165, 1.54) is 14.0 Å². The summed E-state index contributed by atoms with van der Waals surface area (Å²) in [5, 5.41) is 0.284. The van der Waals surface area contributed by atoms with Gasteiger partial charge in [-0.15, -0.1) is 0 Å². The van der Waals surface area contributed by atoms with Gasteiger partial charge in [0.05, 0.1) is 12.8 Å². The SMILES string of the molecule is COC(=O)C(N)C(C)P(=O)(O)c1ccccc1. The van der Waals surface area contributed by atoms with Crippen LogP contribution < -0.4 is 11.0 Å². The summed E-state index contributed by atoms with van der Waals surface area (Å²) < 4.78 is 16.7. The maximum atomic E-state index is 12.2. The summed E-state index contributed by atoms with van der Waals surface area (Å²) >= 11 is 0. The van der Waals surface area contributed by atoms with Gasteiger partial charge in [-0.05, 0) is 12.1 Å². The second-order valence-corrected chi connectivity index (χ2v) is 6.32. The molecule has 0 spiro atoms. The maximum Gasteiger partial charge on any atom is 0.323 e. The van der Waals surface area contributed by atoms with E-state index in [0.29, 0.717) is 0 Å². The van der Waals surface area contributed by atoms with Gasteiger partial charge in [-0.25, -0.2) is 0 Å². The summed E-state index contributed by atoms with van der Waals surface area (Å²) in [5.41, 5.74) is 4.70. The Bertz CT molecular complexity index is 434. The molecule has 5 nitrogen and oxygen atoms in total. The number of esters is 1. The van der Waals surface area contributed by atoms with E-state index in [4.69, 9.17) is 5.73 Å². The van der Waals surface area contributed by atoms with E-state index >= 15 is 0 Å². The van der Waals surface area contributed by atoms with Gasteiger partial charge in [0.1, 0.15) is 6.04 Å². The molecule has 3 N–H and O–H groups in total. The van der Waals surface area contributed by atoms with Gasteiger partial charge in [-0.3, -0.25) is 9.36 Å². The molecule has 6 heteroatoms. The van der Waals surface area contributed by atoms with Crippen molar-refractivity contribution in [3.8, 4) is 0 Å². The molecule has 3 atom stereocenters. The summed E-state index contributed by atoms with van der Waals surface area (Å²) in [5.74, 6) is -0.692. The highest BCUT2D eigenvalue weighted by atomic mass is 31.2. The van der Waals surface area contributed by atoms with E-state index in [2.05, 4.69) is 4.74 Å². The minimum absolute atomic E-state index is 0.284. The average molecular weight is 257 g/mol. The molecule has 0 aromatic heterocycles. The van der Waals surface area contributed by atoms with Crippen molar-refractivity contribution in [3.05, 3.63) is 30.3 Å². The molecule has 0 aliphatic carbocycles. The summed E-state index contributed by atoms with van der Waals surface area (Å²) in [4.78, 5) is 21.3. The van der Waals surface area contributed by atoms with Crippen molar-refractivity contribution in [1.29, 1.82) is 0 Å². The number of ether oxygens (including phenoxy) is 1. The number of methoxy groups -OCH3 is 1. The molecule has 17 heavy (non-hydrogen) atoms. The van der Waals surface area contributed by atoms with Crippen LogP contribution in [-0.4, -0.2) is 29.7 Å². The third-order valence-corrected chi connectivity index (χ3v) is 5.13. The van der Waals surface area contributed by atoms with Crippen molar-refractivity contribution in [3.63, 3.8) is 0 Å². The largest absolute Gasteiger partial charge is 0.468 e. The van der Waals surface area contributed by atoms with E-state index in [1.807, 2.05) is 0 Å². The Morgan fingerprint density at radius 3 is 2.41 bits per heavy atom. The monoisotopic (exact) mass is 257 g/mol. The topological polar surface area (TPSA) is 89.6 Å². The molecule has 1 aromatic carbocycles. The van der Waals surface area contributed by atoms with Crippen LogP contribution in [0.3, 0.4) is 0 Å². The fourth-order valence-electron chi connectivity index (χ4n) is 1.43. The highest BCUT2D eigenvalue weighted by Crippen LogP contribution is 2.45. The predicted molar refractivity (Wildman–Crippen MR) is 65.4 cm³/mol. The molecule has 94 valence electrons. The number of rotatable bonds is 4. The second kappa shape index (κ2) is 5.45. The Morgan fingerprint density at radius 2 is 1.94 bits per heavy atom. The third kappa shape index (κ3) is 2.94. The number of hydrogen-bond donors (Lipinski definition) is 2. The molecule has 0 aliphatic rings. The smallest absolute Gasteiger partial charge is 0.323 e. The lowest BCUT2D eigenvalue weighted by Gasteiger charge is -2.23. The first kappa shape index (κ1) is 13.9. The molecule has 0 fully saturated rings. The van der Waals surface area contributed by atoms with E-state index in [9.17, 15) is 14.3 Å². The van der Waals surface area contributed by atoms with E-state index in [0.717, 1.165) is 0 Å². The first-order valence-electron chi connectivity index (χ1n) is 5.12. The zero-order chi connectivity index (χ0) is 13.1. The number of carbonyl (C=O) groups excluding carboxylic acids is 1. The highest BCUT2D eigenvalue weighted by Gasteiger charge is 2.37. The van der Waals surface area contributed by atoms with Crippen LogP contribution >= 0.6 is 7.37 Å². The molecule has 1 rings (SSSR count). The van der Waals surface area contributed by atoms with E-state index in [1.54, 1.807) is 30.3 Å². The van der Waals surface area contributed by atoms with Gasteiger partial charge in [0.25, 0.3) is 0 Å². The summed E-state index contributed by atoms with van der Waals surface area (Å²) in [7, 11) is -2.49. The van der Waals surface area contributed by atoms with Crippen molar-refractivity contribution >= 4 is 18.6 Å². The quantitative estimate of drug-likeness (QED) is 0.604. The Balaban J connectivity index is 2.99. The summed E-state index contributed by atoms with van der Waals surface area (Å²) in [6.45, 7) is 1.47. The van der Waals surface area contributed by atoms with Gasteiger partial charge in [0.2, 0.25) is 7.37 Å². The maximum absolute atomic E-state index is 12.2.